The van der Waals surface area contributed by atoms with Gasteiger partial charge < -0.3 is 15.0 Å². The summed E-state index contributed by atoms with van der Waals surface area (Å²) in [6.07, 6.45) is 5.17. The van der Waals surface area contributed by atoms with Gasteiger partial charge in [-0.15, -0.1) is 0 Å². The smallest absolute Gasteiger partial charge is 0.323 e. The van der Waals surface area contributed by atoms with Crippen LogP contribution >= 0.6 is 0 Å². The summed E-state index contributed by atoms with van der Waals surface area (Å²) in [4.78, 5) is 22.7. The third-order valence-electron chi connectivity index (χ3n) is 3.72. The van der Waals surface area contributed by atoms with E-state index in [-0.39, 0.29) is 12.5 Å². The number of hydrogen-bond donors (Lipinski definition) is 2. The number of nitrogens with zero attached hydrogens (tertiary/aromatic N) is 1. The molecule has 1 aromatic rings. The van der Waals surface area contributed by atoms with E-state index < -0.39 is 5.97 Å². The molecule has 0 aromatic carbocycles. The lowest BCUT2D eigenvalue weighted by atomic mass is 10.1. The van der Waals surface area contributed by atoms with Crippen LogP contribution in [0.2, 0.25) is 0 Å². The van der Waals surface area contributed by atoms with Crippen LogP contribution in [0, 0.1) is 11.8 Å². The van der Waals surface area contributed by atoms with Crippen LogP contribution in [0.4, 0.5) is 0 Å². The van der Waals surface area contributed by atoms with Crippen LogP contribution in [0.15, 0.2) is 18.3 Å². The first-order valence-electron chi connectivity index (χ1n) is 6.71. The molecule has 1 heterocycles. The van der Waals surface area contributed by atoms with Gasteiger partial charge in [-0.05, 0) is 36.8 Å². The van der Waals surface area contributed by atoms with Crippen molar-refractivity contribution in [1.29, 1.82) is 0 Å². The van der Waals surface area contributed by atoms with Gasteiger partial charge in [0.1, 0.15) is 12.2 Å². The topological polar surface area (TPSA) is 71.3 Å². The summed E-state index contributed by atoms with van der Waals surface area (Å²) in [6.45, 7) is 2.73. The Morgan fingerprint density at radius 1 is 1.47 bits per heavy atom. The van der Waals surface area contributed by atoms with Gasteiger partial charge in [-0.1, -0.05) is 13.3 Å². The fourth-order valence-electron chi connectivity index (χ4n) is 2.74. The summed E-state index contributed by atoms with van der Waals surface area (Å²) >= 11 is 0. The summed E-state index contributed by atoms with van der Waals surface area (Å²) in [7, 11) is 0. The fraction of sp³-hybridized carbons (Fsp3) is 0.571. The average molecular weight is 264 g/mol. The van der Waals surface area contributed by atoms with Crippen molar-refractivity contribution >= 4 is 11.9 Å². The Morgan fingerprint density at radius 2 is 2.26 bits per heavy atom. The molecule has 0 spiro atoms. The number of hydrogen-bond acceptors (Lipinski definition) is 2. The monoisotopic (exact) mass is 264 g/mol. The zero-order valence-electron chi connectivity index (χ0n) is 11.1. The summed E-state index contributed by atoms with van der Waals surface area (Å²) in [5.41, 5.74) is 0.411. The van der Waals surface area contributed by atoms with Crippen LogP contribution in [0.3, 0.4) is 0 Å². The van der Waals surface area contributed by atoms with E-state index in [1.165, 1.54) is 11.0 Å². The molecule has 0 saturated heterocycles. The van der Waals surface area contributed by atoms with Gasteiger partial charge in [0.25, 0.3) is 5.91 Å². The second-order valence-corrected chi connectivity index (χ2v) is 5.41. The standard InChI is InChI=1S/C14H20N2O3/c1-10-4-5-11(7-10)8-15-14(19)12-3-2-6-16(12)9-13(17)18/h2-3,6,10-11H,4-5,7-9H2,1H3,(H,15,19)(H,17,18). The van der Waals surface area contributed by atoms with E-state index in [9.17, 15) is 9.59 Å². The number of carboxylic acids is 1. The Morgan fingerprint density at radius 3 is 2.89 bits per heavy atom. The molecule has 1 saturated carbocycles. The summed E-state index contributed by atoms with van der Waals surface area (Å²) in [6, 6.07) is 3.34. The third kappa shape index (κ3) is 3.59. The maximum absolute atomic E-state index is 12.0. The lowest BCUT2D eigenvalue weighted by Crippen LogP contribution is -2.30. The van der Waals surface area contributed by atoms with Gasteiger partial charge in [0, 0.05) is 12.7 Å². The molecule has 104 valence electrons. The lowest BCUT2D eigenvalue weighted by molar-refractivity contribution is -0.137. The van der Waals surface area contributed by atoms with E-state index in [2.05, 4.69) is 12.2 Å². The maximum atomic E-state index is 12.0. The molecule has 2 unspecified atom stereocenters. The van der Waals surface area contributed by atoms with Crippen LogP contribution in [0.5, 0.6) is 0 Å². The number of carboxylic acid groups (broad SMARTS) is 1. The van der Waals surface area contributed by atoms with Crippen molar-refractivity contribution in [3.8, 4) is 0 Å². The zero-order chi connectivity index (χ0) is 13.8. The largest absolute Gasteiger partial charge is 0.480 e. The molecule has 2 rings (SSSR count). The minimum Gasteiger partial charge on any atom is -0.480 e. The van der Waals surface area contributed by atoms with E-state index in [1.807, 2.05) is 0 Å². The minimum atomic E-state index is -0.949. The molecule has 1 aliphatic carbocycles. The zero-order valence-corrected chi connectivity index (χ0v) is 11.1. The molecule has 1 fully saturated rings. The molecule has 0 aliphatic heterocycles. The van der Waals surface area contributed by atoms with Gasteiger partial charge in [-0.3, -0.25) is 9.59 Å². The van der Waals surface area contributed by atoms with Gasteiger partial charge in [0.2, 0.25) is 0 Å². The molecule has 5 nitrogen and oxygen atoms in total. The molecular weight excluding hydrogens is 244 g/mol. The SMILES string of the molecule is CC1CCC(CNC(=O)c2cccn2CC(=O)O)C1. The van der Waals surface area contributed by atoms with Crippen molar-refractivity contribution in [2.24, 2.45) is 11.8 Å². The van der Waals surface area contributed by atoms with Gasteiger partial charge in [0.05, 0.1) is 0 Å². The van der Waals surface area contributed by atoms with Crippen molar-refractivity contribution in [2.45, 2.75) is 32.7 Å². The van der Waals surface area contributed by atoms with Gasteiger partial charge in [-0.2, -0.15) is 0 Å². The highest BCUT2D eigenvalue weighted by molar-refractivity contribution is 5.93. The van der Waals surface area contributed by atoms with E-state index >= 15 is 0 Å². The fourth-order valence-corrected chi connectivity index (χ4v) is 2.74. The highest BCUT2D eigenvalue weighted by Gasteiger charge is 2.22. The normalized spacial score (nSPS) is 22.4. The Hall–Kier alpha value is -1.78. The molecule has 2 atom stereocenters. The summed E-state index contributed by atoms with van der Waals surface area (Å²) in [5, 5.41) is 11.7. The molecule has 19 heavy (non-hydrogen) atoms. The van der Waals surface area contributed by atoms with E-state index in [0.717, 1.165) is 18.8 Å². The van der Waals surface area contributed by atoms with Crippen LogP contribution in [0.25, 0.3) is 0 Å². The van der Waals surface area contributed by atoms with Crippen LogP contribution in [-0.2, 0) is 11.3 Å². The Labute approximate surface area is 112 Å². The highest BCUT2D eigenvalue weighted by atomic mass is 16.4. The highest BCUT2D eigenvalue weighted by Crippen LogP contribution is 2.29. The number of aromatic nitrogens is 1. The van der Waals surface area contributed by atoms with Crippen LogP contribution in [0.1, 0.15) is 36.7 Å². The van der Waals surface area contributed by atoms with Crippen molar-refractivity contribution in [2.75, 3.05) is 6.54 Å². The van der Waals surface area contributed by atoms with E-state index in [0.29, 0.717) is 18.2 Å². The first-order chi connectivity index (χ1) is 9.06. The Kier molecular flexibility index (Phi) is 4.24. The second kappa shape index (κ2) is 5.91. The van der Waals surface area contributed by atoms with Gasteiger partial charge in [-0.25, -0.2) is 0 Å². The first kappa shape index (κ1) is 13.6. The van der Waals surface area contributed by atoms with Gasteiger partial charge in [0.15, 0.2) is 0 Å². The summed E-state index contributed by atoms with van der Waals surface area (Å²) in [5.74, 6) is 0.167. The Balaban J connectivity index is 1.89. The first-order valence-corrected chi connectivity index (χ1v) is 6.71. The van der Waals surface area contributed by atoms with Crippen LogP contribution < -0.4 is 5.32 Å². The molecule has 0 radical (unpaired) electrons. The van der Waals surface area contributed by atoms with E-state index in [1.54, 1.807) is 18.3 Å². The van der Waals surface area contributed by atoms with E-state index in [4.69, 9.17) is 5.11 Å². The van der Waals surface area contributed by atoms with Crippen molar-refractivity contribution in [3.05, 3.63) is 24.0 Å². The molecule has 1 aliphatic rings. The predicted octanol–water partition coefficient (Wildman–Crippen LogP) is 1.74. The van der Waals surface area contributed by atoms with Crippen LogP contribution in [-0.4, -0.2) is 28.1 Å². The van der Waals surface area contributed by atoms with Crippen molar-refractivity contribution in [1.82, 2.24) is 9.88 Å². The molecule has 0 bridgehead atoms. The second-order valence-electron chi connectivity index (χ2n) is 5.41. The summed E-state index contributed by atoms with van der Waals surface area (Å²) < 4.78 is 1.45. The Bertz CT molecular complexity index is 467. The predicted molar refractivity (Wildman–Crippen MR) is 70.9 cm³/mol. The molecule has 5 heteroatoms. The number of rotatable bonds is 5. The average Bonchev–Trinajstić information content (AvgIpc) is 2.94. The third-order valence-corrected chi connectivity index (χ3v) is 3.72. The molecular formula is C14H20N2O3. The molecule has 1 amide bonds. The molecule has 2 N–H and O–H groups in total. The number of carbonyl (C=O) groups excluding carboxylic acids is 1. The minimum absolute atomic E-state index is 0.184. The molecule has 1 aromatic heterocycles. The number of amides is 1. The number of carbonyl (C=O) groups is 2. The number of aliphatic carboxylic acids is 1. The quantitative estimate of drug-likeness (QED) is 0.851. The lowest BCUT2D eigenvalue weighted by Gasteiger charge is -2.12. The number of nitrogens with one attached hydrogen (secondary N) is 1. The van der Waals surface area contributed by atoms with Crippen molar-refractivity contribution < 1.29 is 14.7 Å². The maximum Gasteiger partial charge on any atom is 0.323 e. The van der Waals surface area contributed by atoms with Gasteiger partial charge >= 0.3 is 5.97 Å². The van der Waals surface area contributed by atoms with Crippen molar-refractivity contribution in [3.63, 3.8) is 0 Å².